The second-order valence-electron chi connectivity index (χ2n) is 20.9. The summed E-state index contributed by atoms with van der Waals surface area (Å²) < 4.78 is 58.6. The minimum Gasteiger partial charge on any atom is -0.477 e. The van der Waals surface area contributed by atoms with Crippen molar-refractivity contribution >= 4 is 29.6 Å². The van der Waals surface area contributed by atoms with Crippen molar-refractivity contribution in [3.63, 3.8) is 0 Å². The molecule has 0 aliphatic carbocycles. The monoisotopic (exact) mass is 1230 g/mol. The van der Waals surface area contributed by atoms with E-state index in [1.54, 1.807) is 0 Å². The van der Waals surface area contributed by atoms with Gasteiger partial charge in [-0.05, 0) is 6.92 Å². The minimum atomic E-state index is -3.25. The molecule has 37 heteroatoms. The summed E-state index contributed by atoms with van der Waals surface area (Å²) in [5.41, 5.74) is 0. The summed E-state index contributed by atoms with van der Waals surface area (Å²) in [6.07, 6.45) is -52.2. The third-order valence-electron chi connectivity index (χ3n) is 14.6. The number of carboxylic acids is 1. The highest BCUT2D eigenvalue weighted by molar-refractivity contribution is 5.77. The first kappa shape index (κ1) is 71.0. The van der Waals surface area contributed by atoms with Crippen molar-refractivity contribution < 1.29 is 163 Å². The van der Waals surface area contributed by atoms with Gasteiger partial charge in [-0.2, -0.15) is 0 Å². The third kappa shape index (κ3) is 16.5. The lowest BCUT2D eigenvalue weighted by Crippen LogP contribution is -2.71. The molecule has 5 fully saturated rings. The molecule has 84 heavy (non-hydrogen) atoms. The van der Waals surface area contributed by atoms with Crippen LogP contribution in [-0.2, 0) is 71.3 Å². The summed E-state index contributed by atoms with van der Waals surface area (Å²) in [5, 5.41) is 205. The highest BCUT2D eigenvalue weighted by Gasteiger charge is 2.61. The van der Waals surface area contributed by atoms with E-state index < -0.39 is 259 Å². The van der Waals surface area contributed by atoms with E-state index in [-0.39, 0.29) is 0 Å². The summed E-state index contributed by atoms with van der Waals surface area (Å²) >= 11 is 0. The molecule has 0 radical (unpaired) electrons. The van der Waals surface area contributed by atoms with Gasteiger partial charge in [-0.3, -0.25) is 19.2 Å². The van der Waals surface area contributed by atoms with Crippen LogP contribution >= 0.6 is 0 Å². The molecule has 0 spiro atoms. The number of nitrogens with one attached hydrogen (secondary N) is 4. The summed E-state index contributed by atoms with van der Waals surface area (Å²) in [6, 6.07) is -6.92. The SMILES string of the molecule is CC(=O)N[C@H]1[C@H](O[C@@H]([C@@H](O)[C@H](O)CO[C@@H]2O[C@H](CO)[C@@H](O[C@@H]3O[C@H](CO)[C@H](O)[C@H](O[C@]4(C(=O)O)C[C@H](O)[C@@H](NC(C)=O)[C@H]([C@H](O)[C@H](O)CO)O4)[C@H]3O)[C@H](O[C@@H]3O[C@@H](C)[C@@H](O)[C@@H](O)[C@@H]3O)[C@H]2NC(C)=O)[C@H](CO)NC(C)=O)O[C@H](CO)[C@@H](O)[C@@H]1O. The minimum absolute atomic E-state index is 0.801. The third-order valence-corrected chi connectivity index (χ3v) is 14.6. The highest BCUT2D eigenvalue weighted by atomic mass is 16.8. The lowest BCUT2D eigenvalue weighted by atomic mass is 9.88. The first-order valence-corrected chi connectivity index (χ1v) is 26.5. The van der Waals surface area contributed by atoms with Gasteiger partial charge in [-0.25, -0.2) is 4.79 Å². The first-order chi connectivity index (χ1) is 39.4. The van der Waals surface area contributed by atoms with Crippen LogP contribution in [0.3, 0.4) is 0 Å². The van der Waals surface area contributed by atoms with E-state index in [1.807, 2.05) is 0 Å². The van der Waals surface area contributed by atoms with Crippen molar-refractivity contribution in [2.45, 2.75) is 224 Å². The van der Waals surface area contributed by atoms with Gasteiger partial charge >= 0.3 is 5.97 Å². The number of carboxylic acid groups (broad SMARTS) is 1. The van der Waals surface area contributed by atoms with Crippen LogP contribution in [0, 0.1) is 0 Å². The Bertz CT molecular complexity index is 2150. The Morgan fingerprint density at radius 1 is 0.560 bits per heavy atom. The standard InChI is InChI=1S/C47H80N4O33/c1-13-28(64)34(70)35(71)44(76-13)82-40-27(51-17(5)60)42(75-12-21(63)30(66)37(18(7-52)48-14(2)57)80-43-26(50-16(4)59)33(69)31(67)22(9-54)77-43)79-24(11-56)38(40)81-45-36(72)41(32(68)23(10-55)78-45)84-47(46(73)74)6-19(61)25(49-15(3)58)39(83-47)29(65)20(62)8-53/h13,18-45,52-56,61-72H,6-12H2,1-5H3,(H,48,57)(H,49,58)(H,50,59)(H,51,60)(H,73,74)/t13-,18-,19-,20+,21+,22+,23+,24+,25+,26+,27+,28+,29+,30-,31+,32-,33+,34+,35-,36+,37+,38+,39+,40+,41-,42+,43-,44-,45-,47-/m0/s1. The zero-order valence-corrected chi connectivity index (χ0v) is 45.9. The van der Waals surface area contributed by atoms with E-state index in [0.29, 0.717) is 0 Å². The zero-order chi connectivity index (χ0) is 63.0. The van der Waals surface area contributed by atoms with Crippen molar-refractivity contribution in [1.29, 1.82) is 0 Å². The quantitative estimate of drug-likeness (QED) is 0.0382. The predicted molar refractivity (Wildman–Crippen MR) is 264 cm³/mol. The van der Waals surface area contributed by atoms with Gasteiger partial charge in [0.05, 0.1) is 63.9 Å². The molecule has 0 aromatic rings. The van der Waals surface area contributed by atoms with Crippen molar-refractivity contribution in [3.05, 3.63) is 0 Å². The maximum Gasteiger partial charge on any atom is 0.364 e. The van der Waals surface area contributed by atoms with Crippen LogP contribution in [0.4, 0.5) is 0 Å². The maximum atomic E-state index is 13.2. The molecule has 5 heterocycles. The molecule has 37 nitrogen and oxygen atoms in total. The maximum absolute atomic E-state index is 13.2. The van der Waals surface area contributed by atoms with Crippen LogP contribution < -0.4 is 21.3 Å². The van der Waals surface area contributed by atoms with Crippen molar-refractivity contribution in [1.82, 2.24) is 21.3 Å². The molecule has 0 saturated carbocycles. The molecule has 5 rings (SSSR count). The normalized spacial score (nSPS) is 41.4. The van der Waals surface area contributed by atoms with E-state index in [9.17, 15) is 116 Å². The molecule has 0 unspecified atom stereocenters. The smallest absolute Gasteiger partial charge is 0.364 e. The lowest BCUT2D eigenvalue weighted by molar-refractivity contribution is -0.391. The summed E-state index contributed by atoms with van der Waals surface area (Å²) in [5.74, 6) is -8.78. The Labute approximate surface area is 477 Å². The van der Waals surface area contributed by atoms with Gasteiger partial charge in [-0.15, -0.1) is 0 Å². The second-order valence-corrected chi connectivity index (χ2v) is 20.9. The zero-order valence-electron chi connectivity index (χ0n) is 45.9. The van der Waals surface area contributed by atoms with Crippen molar-refractivity contribution in [2.75, 3.05) is 39.6 Å². The average Bonchev–Trinajstić information content (AvgIpc) is 1.24. The van der Waals surface area contributed by atoms with Gasteiger partial charge < -0.3 is 161 Å². The van der Waals surface area contributed by atoms with E-state index in [1.165, 1.54) is 6.92 Å². The van der Waals surface area contributed by atoms with Crippen LogP contribution in [0.5, 0.6) is 0 Å². The Hall–Kier alpha value is -3.73. The topological polar surface area (TPSA) is 590 Å². The molecule has 0 bridgehead atoms. The highest BCUT2D eigenvalue weighted by Crippen LogP contribution is 2.40. The molecule has 5 aliphatic rings. The summed E-state index contributed by atoms with van der Waals surface area (Å²) in [7, 11) is 0. The molecule has 0 aromatic heterocycles. The fourth-order valence-electron chi connectivity index (χ4n) is 10.3. The van der Waals surface area contributed by atoms with Crippen molar-refractivity contribution in [2.24, 2.45) is 0 Å². The number of aliphatic hydroxyl groups is 17. The number of ether oxygens (including phenoxy) is 10. The first-order valence-electron chi connectivity index (χ1n) is 26.5. The van der Waals surface area contributed by atoms with Crippen molar-refractivity contribution in [3.8, 4) is 0 Å². The Morgan fingerprint density at radius 2 is 1.10 bits per heavy atom. The molecular weight excluding hydrogens is 1150 g/mol. The Kier molecular flexibility index (Phi) is 26.2. The number of rotatable bonds is 26. The van der Waals surface area contributed by atoms with Crippen LogP contribution in [0.25, 0.3) is 0 Å². The molecule has 0 aromatic carbocycles. The largest absolute Gasteiger partial charge is 0.477 e. The fourth-order valence-corrected chi connectivity index (χ4v) is 10.3. The number of carbonyl (C=O) groups is 5. The van der Waals surface area contributed by atoms with Crippen LogP contribution in [0.2, 0.25) is 0 Å². The van der Waals surface area contributed by atoms with Gasteiger partial charge in [0.2, 0.25) is 23.6 Å². The average molecular weight is 1230 g/mol. The lowest BCUT2D eigenvalue weighted by Gasteiger charge is -2.51. The van der Waals surface area contributed by atoms with E-state index >= 15 is 0 Å². The summed E-state index contributed by atoms with van der Waals surface area (Å²) in [6.45, 7) is -1.44. The molecule has 486 valence electrons. The van der Waals surface area contributed by atoms with Gasteiger partial charge in [-0.1, -0.05) is 0 Å². The number of hydrogen-bond acceptors (Lipinski definition) is 32. The predicted octanol–water partition coefficient (Wildman–Crippen LogP) is -13.7. The molecule has 5 aliphatic heterocycles. The Balaban J connectivity index is 1.53. The Morgan fingerprint density at radius 3 is 1.64 bits per heavy atom. The van der Waals surface area contributed by atoms with Crippen LogP contribution in [0.15, 0.2) is 0 Å². The molecule has 30 atom stereocenters. The summed E-state index contributed by atoms with van der Waals surface area (Å²) in [4.78, 5) is 62.9. The van der Waals surface area contributed by atoms with E-state index in [4.69, 9.17) is 47.4 Å². The second kappa shape index (κ2) is 30.9. The molecule has 22 N–H and O–H groups in total. The number of aliphatic hydroxyl groups excluding tert-OH is 17. The van der Waals surface area contributed by atoms with Crippen LogP contribution in [-0.4, -0.2) is 344 Å². The number of hydrogen-bond donors (Lipinski definition) is 22. The number of aliphatic carboxylic acids is 1. The van der Waals surface area contributed by atoms with Gasteiger partial charge in [0.15, 0.2) is 25.2 Å². The fraction of sp³-hybridized carbons (Fsp3) is 0.894. The van der Waals surface area contributed by atoms with E-state index in [0.717, 1.165) is 27.7 Å². The van der Waals surface area contributed by atoms with Gasteiger partial charge in [0, 0.05) is 34.1 Å². The van der Waals surface area contributed by atoms with Gasteiger partial charge in [0.25, 0.3) is 5.79 Å². The molecule has 5 saturated heterocycles. The van der Waals surface area contributed by atoms with E-state index in [2.05, 4.69) is 21.3 Å². The van der Waals surface area contributed by atoms with Gasteiger partial charge in [0.1, 0.15) is 128 Å². The van der Waals surface area contributed by atoms with Crippen LogP contribution in [0.1, 0.15) is 41.0 Å². The number of carbonyl (C=O) groups excluding carboxylic acids is 4. The molecular formula is C47H80N4O33. The molecule has 4 amide bonds. The number of amides is 4.